The molecule has 0 aliphatic carbocycles. The van der Waals surface area contributed by atoms with E-state index in [2.05, 4.69) is 10.3 Å². The van der Waals surface area contributed by atoms with Crippen molar-refractivity contribution in [3.63, 3.8) is 0 Å². The third-order valence-corrected chi connectivity index (χ3v) is 1.73. The van der Waals surface area contributed by atoms with Gasteiger partial charge in [0.25, 0.3) is 0 Å². The molecule has 5 nitrogen and oxygen atoms in total. The van der Waals surface area contributed by atoms with E-state index in [-0.39, 0.29) is 22.4 Å². The minimum Gasteiger partial charge on any atom is -0.478 e. The van der Waals surface area contributed by atoms with Gasteiger partial charge in [0.1, 0.15) is 0 Å². The van der Waals surface area contributed by atoms with E-state index in [1.807, 2.05) is 0 Å². The van der Waals surface area contributed by atoms with Gasteiger partial charge in [0.2, 0.25) is 0 Å². The molecule has 0 unspecified atom stereocenters. The maximum Gasteiger partial charge on any atom is 0.355 e. The quantitative estimate of drug-likeness (QED) is 0.426. The predicted octanol–water partition coefficient (Wildman–Crippen LogP) is 1.85. The molecule has 0 spiro atoms. The van der Waals surface area contributed by atoms with Gasteiger partial charge in [-0.3, -0.25) is 0 Å². The van der Waals surface area contributed by atoms with Crippen LogP contribution in [-0.4, -0.2) is 17.0 Å². The maximum atomic E-state index is 10.9. The fraction of sp³-hybridized carbons (Fsp3) is 0. The molecule has 2 N–H and O–H groups in total. The molecule has 1 aromatic carbocycles. The molecule has 95 valence electrons. The van der Waals surface area contributed by atoms with E-state index in [0.717, 1.165) is 6.08 Å². The molecule has 1 aromatic rings. The predicted molar refractivity (Wildman–Crippen MR) is 57.9 cm³/mol. The van der Waals surface area contributed by atoms with Crippen LogP contribution in [0.25, 0.3) is 0 Å². The third-order valence-electron chi connectivity index (χ3n) is 1.48. The Hall–Kier alpha value is -1.27. The number of rotatable bonds is 4. The van der Waals surface area contributed by atoms with Crippen LogP contribution in [0.4, 0.5) is 5.69 Å². The molecule has 0 saturated carbocycles. The first-order valence-electron chi connectivity index (χ1n) is 4.21. The van der Waals surface area contributed by atoms with Crippen LogP contribution in [0.5, 0.6) is 0 Å². The Kier molecular flexibility index (Phi) is 7.32. The van der Waals surface area contributed by atoms with E-state index in [1.54, 1.807) is 24.3 Å². The van der Waals surface area contributed by atoms with Gasteiger partial charge in [-0.25, -0.2) is 15.1 Å². The number of hydrogen-bond donors (Lipinski definition) is 2. The van der Waals surface area contributed by atoms with E-state index in [1.165, 1.54) is 0 Å². The first-order valence-corrected chi connectivity index (χ1v) is 4.59. The number of aliphatic carboxylic acids is 1. The number of carbonyl (C=O) groups excluding carboxylic acids is 1. The third kappa shape index (κ3) is 6.80. The molecule has 1 rings (SSSR count). The number of halogens is 1. The van der Waals surface area contributed by atoms with Crippen LogP contribution in [-0.2, 0) is 36.8 Å². The summed E-state index contributed by atoms with van der Waals surface area (Å²) >= 11 is 5.65. The van der Waals surface area contributed by atoms with E-state index in [4.69, 9.17) is 16.7 Å². The van der Waals surface area contributed by atoms with Crippen LogP contribution in [0.1, 0.15) is 0 Å². The average Bonchev–Trinajstić information content (AvgIpc) is 2.25. The molecule has 0 heterocycles. The first kappa shape index (κ1) is 15.7. The molecule has 17 heavy (non-hydrogen) atoms. The monoisotopic (exact) mass is 438 g/mol. The van der Waals surface area contributed by atoms with Crippen molar-refractivity contribution < 1.29 is 41.9 Å². The standard InChI is InChI=1S/C10H8ClNO4.Au/c11-7-1-3-8(4-2-7)12-16-10(15)6-5-9(13)14;/h1-6,12H,(H,13,14);/b6-5-;. The van der Waals surface area contributed by atoms with Gasteiger partial charge in [0.15, 0.2) is 0 Å². The second-order valence-electron chi connectivity index (χ2n) is 2.70. The van der Waals surface area contributed by atoms with Gasteiger partial charge in [0.05, 0.1) is 5.69 Å². The second-order valence-corrected chi connectivity index (χ2v) is 3.14. The number of carboxylic acids is 1. The Bertz CT molecular complexity index is 419. The summed E-state index contributed by atoms with van der Waals surface area (Å²) in [5, 5.41) is 8.81. The van der Waals surface area contributed by atoms with Crippen LogP contribution >= 0.6 is 11.6 Å². The molecule has 0 amide bonds. The van der Waals surface area contributed by atoms with E-state index >= 15 is 0 Å². The van der Waals surface area contributed by atoms with Gasteiger partial charge in [-0.15, -0.1) is 0 Å². The van der Waals surface area contributed by atoms with Crippen molar-refractivity contribution >= 4 is 29.2 Å². The molecule has 7 heteroatoms. The van der Waals surface area contributed by atoms with E-state index < -0.39 is 11.9 Å². The summed E-state index contributed by atoms with van der Waals surface area (Å²) in [5.74, 6) is -2.03. The van der Waals surface area contributed by atoms with Crippen LogP contribution in [0.15, 0.2) is 36.4 Å². The van der Waals surface area contributed by atoms with Gasteiger partial charge in [-0.1, -0.05) is 11.6 Å². The Morgan fingerprint density at radius 2 is 1.82 bits per heavy atom. The summed E-state index contributed by atoms with van der Waals surface area (Å²) in [4.78, 5) is 25.5. The summed E-state index contributed by atoms with van der Waals surface area (Å²) in [6.45, 7) is 0. The first-order chi connectivity index (χ1) is 7.58. The summed E-state index contributed by atoms with van der Waals surface area (Å²) in [7, 11) is 0. The van der Waals surface area contributed by atoms with Crippen molar-refractivity contribution in [2.75, 3.05) is 5.48 Å². The molecule has 0 aromatic heterocycles. The summed E-state index contributed by atoms with van der Waals surface area (Å²) < 4.78 is 0. The number of benzene rings is 1. The summed E-state index contributed by atoms with van der Waals surface area (Å²) in [5.41, 5.74) is 2.87. The number of carbonyl (C=O) groups is 2. The van der Waals surface area contributed by atoms with Gasteiger partial charge < -0.3 is 9.94 Å². The zero-order valence-corrected chi connectivity index (χ0v) is 11.2. The smallest absolute Gasteiger partial charge is 0.355 e. The van der Waals surface area contributed by atoms with Crippen LogP contribution in [0.2, 0.25) is 5.02 Å². The second kappa shape index (κ2) is 7.92. The van der Waals surface area contributed by atoms with Crippen molar-refractivity contribution in [3.05, 3.63) is 41.4 Å². The van der Waals surface area contributed by atoms with Gasteiger partial charge in [0, 0.05) is 39.6 Å². The number of nitrogens with one attached hydrogen (secondary N) is 1. The Balaban J connectivity index is 0.00000256. The van der Waals surface area contributed by atoms with Crippen LogP contribution in [0.3, 0.4) is 0 Å². The number of carboxylic acid groups (broad SMARTS) is 1. The molecule has 0 saturated heterocycles. The topological polar surface area (TPSA) is 75.6 Å². The van der Waals surface area contributed by atoms with Gasteiger partial charge in [-0.05, 0) is 24.3 Å². The van der Waals surface area contributed by atoms with E-state index in [9.17, 15) is 9.59 Å². The average molecular weight is 439 g/mol. The largest absolute Gasteiger partial charge is 0.478 e. The molecule has 0 aliphatic rings. The molecular formula is C10H8AuClNO4. The zero-order chi connectivity index (χ0) is 12.0. The maximum absolute atomic E-state index is 10.9. The van der Waals surface area contributed by atoms with Crippen LogP contribution < -0.4 is 5.48 Å². The number of anilines is 1. The summed E-state index contributed by atoms with van der Waals surface area (Å²) in [6, 6.07) is 6.45. The SMILES string of the molecule is O=C(O)/C=C\C(=O)ONc1ccc(Cl)cc1.[Au]. The summed E-state index contributed by atoms with van der Waals surface area (Å²) in [6.07, 6.45) is 1.48. The normalized spacial score (nSPS) is 9.47. The molecular weight excluding hydrogens is 431 g/mol. The zero-order valence-electron chi connectivity index (χ0n) is 8.32. The van der Waals surface area contributed by atoms with Crippen molar-refractivity contribution in [1.82, 2.24) is 0 Å². The minimum absolute atomic E-state index is 0. The Labute approximate surface area is 118 Å². The van der Waals surface area contributed by atoms with E-state index in [0.29, 0.717) is 16.8 Å². The molecule has 0 bridgehead atoms. The van der Waals surface area contributed by atoms with Gasteiger partial charge >= 0.3 is 11.9 Å². The number of hydrogen-bond acceptors (Lipinski definition) is 4. The van der Waals surface area contributed by atoms with Crippen molar-refractivity contribution in [1.29, 1.82) is 0 Å². The van der Waals surface area contributed by atoms with Gasteiger partial charge in [-0.2, -0.15) is 0 Å². The van der Waals surface area contributed by atoms with Crippen molar-refractivity contribution in [3.8, 4) is 0 Å². The van der Waals surface area contributed by atoms with Crippen molar-refractivity contribution in [2.24, 2.45) is 0 Å². The van der Waals surface area contributed by atoms with Crippen LogP contribution in [0, 0.1) is 0 Å². The molecule has 0 fully saturated rings. The molecule has 0 aliphatic heterocycles. The minimum atomic E-state index is -1.22. The Morgan fingerprint density at radius 1 is 1.24 bits per heavy atom. The Morgan fingerprint density at radius 3 is 2.35 bits per heavy atom. The fourth-order valence-corrected chi connectivity index (χ4v) is 0.926. The fourth-order valence-electron chi connectivity index (χ4n) is 0.801. The van der Waals surface area contributed by atoms with Crippen molar-refractivity contribution in [2.45, 2.75) is 0 Å². The molecule has 1 radical (unpaired) electrons. The molecule has 0 atom stereocenters.